The zero-order valence-corrected chi connectivity index (χ0v) is 12.2. The Kier molecular flexibility index (Phi) is 4.93. The van der Waals surface area contributed by atoms with E-state index in [1.807, 2.05) is 10.6 Å². The van der Waals surface area contributed by atoms with Gasteiger partial charge in [-0.05, 0) is 40.5 Å². The summed E-state index contributed by atoms with van der Waals surface area (Å²) < 4.78 is 20.8. The molecule has 0 saturated carbocycles. The van der Waals surface area contributed by atoms with Crippen molar-refractivity contribution < 1.29 is 9.13 Å². The van der Waals surface area contributed by atoms with Crippen LogP contribution in [0.3, 0.4) is 0 Å². The predicted octanol–water partition coefficient (Wildman–Crippen LogP) is 3.22. The first-order valence-corrected chi connectivity index (χ1v) is 6.73. The third-order valence-electron chi connectivity index (χ3n) is 2.63. The van der Waals surface area contributed by atoms with Crippen LogP contribution in [-0.4, -0.2) is 29.8 Å². The minimum atomic E-state index is -0.295. The van der Waals surface area contributed by atoms with Crippen LogP contribution < -0.4 is 5.32 Å². The lowest BCUT2D eigenvalue weighted by Crippen LogP contribution is -2.09. The van der Waals surface area contributed by atoms with Crippen LogP contribution in [0.5, 0.6) is 0 Å². The number of rotatable bonds is 6. The van der Waals surface area contributed by atoms with E-state index in [4.69, 9.17) is 4.74 Å². The average molecular weight is 328 g/mol. The summed E-state index contributed by atoms with van der Waals surface area (Å²) in [4.78, 5) is 4.22. The van der Waals surface area contributed by atoms with Gasteiger partial charge in [0.05, 0.1) is 10.2 Å². The first-order valence-electron chi connectivity index (χ1n) is 5.94. The van der Waals surface area contributed by atoms with E-state index < -0.39 is 0 Å². The highest BCUT2D eigenvalue weighted by Crippen LogP contribution is 2.21. The van der Waals surface area contributed by atoms with E-state index in [1.54, 1.807) is 25.6 Å². The fourth-order valence-corrected chi connectivity index (χ4v) is 1.94. The number of methoxy groups -OCH3 is 1. The molecular formula is C13H15BrFN3O. The number of nitrogens with zero attached hydrogens (tertiary/aromatic N) is 2. The monoisotopic (exact) mass is 327 g/mol. The molecule has 4 nitrogen and oxygen atoms in total. The van der Waals surface area contributed by atoms with Crippen LogP contribution in [0.2, 0.25) is 0 Å². The highest BCUT2D eigenvalue weighted by molar-refractivity contribution is 9.10. The molecule has 0 amide bonds. The second-order valence-corrected chi connectivity index (χ2v) is 4.85. The Morgan fingerprint density at radius 1 is 1.47 bits per heavy atom. The third-order valence-corrected chi connectivity index (χ3v) is 3.27. The second-order valence-electron chi connectivity index (χ2n) is 3.99. The molecule has 0 aliphatic carbocycles. The van der Waals surface area contributed by atoms with Gasteiger partial charge >= 0.3 is 0 Å². The molecule has 0 aliphatic heterocycles. The topological polar surface area (TPSA) is 39.1 Å². The molecule has 6 heteroatoms. The molecule has 19 heavy (non-hydrogen) atoms. The summed E-state index contributed by atoms with van der Waals surface area (Å²) in [7, 11) is 1.67. The number of anilines is 1. The molecule has 1 heterocycles. The van der Waals surface area contributed by atoms with Crippen LogP contribution in [0.4, 0.5) is 10.3 Å². The van der Waals surface area contributed by atoms with Gasteiger partial charge in [0.1, 0.15) is 5.82 Å². The number of imidazole rings is 1. The largest absolute Gasteiger partial charge is 0.385 e. The highest BCUT2D eigenvalue weighted by atomic mass is 79.9. The quantitative estimate of drug-likeness (QED) is 0.828. The van der Waals surface area contributed by atoms with E-state index in [0.717, 1.165) is 18.7 Å². The normalized spacial score (nSPS) is 10.7. The Bertz CT molecular complexity index is 544. The van der Waals surface area contributed by atoms with Gasteiger partial charge in [0.15, 0.2) is 0 Å². The van der Waals surface area contributed by atoms with Gasteiger partial charge in [0.2, 0.25) is 5.95 Å². The van der Waals surface area contributed by atoms with Crippen molar-refractivity contribution in [3.05, 3.63) is 40.9 Å². The number of hydrogen-bond donors (Lipinski definition) is 1. The Morgan fingerprint density at radius 3 is 3.05 bits per heavy atom. The smallest absolute Gasteiger partial charge is 0.207 e. The van der Waals surface area contributed by atoms with Gasteiger partial charge in [-0.15, -0.1) is 0 Å². The molecule has 0 bridgehead atoms. The van der Waals surface area contributed by atoms with Gasteiger partial charge in [-0.3, -0.25) is 4.57 Å². The number of ether oxygens (including phenoxy) is 1. The van der Waals surface area contributed by atoms with Crippen LogP contribution >= 0.6 is 15.9 Å². The van der Waals surface area contributed by atoms with E-state index in [0.29, 0.717) is 17.0 Å². The van der Waals surface area contributed by atoms with Gasteiger partial charge in [-0.2, -0.15) is 0 Å². The summed E-state index contributed by atoms with van der Waals surface area (Å²) in [5.41, 5.74) is 0.729. The summed E-state index contributed by atoms with van der Waals surface area (Å²) >= 11 is 3.14. The van der Waals surface area contributed by atoms with Crippen molar-refractivity contribution in [2.45, 2.75) is 6.42 Å². The van der Waals surface area contributed by atoms with Crippen molar-refractivity contribution in [1.29, 1.82) is 0 Å². The first-order chi connectivity index (χ1) is 9.22. The van der Waals surface area contributed by atoms with Crippen molar-refractivity contribution in [3.8, 4) is 5.69 Å². The fourth-order valence-electron chi connectivity index (χ4n) is 1.69. The minimum Gasteiger partial charge on any atom is -0.385 e. The number of aromatic nitrogens is 2. The molecule has 2 rings (SSSR count). The standard InChI is InChI=1S/C13H15BrFN3O/c1-19-8-2-5-16-13-17-6-7-18(13)10-3-4-11(14)12(15)9-10/h3-4,6-7,9H,2,5,8H2,1H3,(H,16,17). The lowest BCUT2D eigenvalue weighted by molar-refractivity contribution is 0.197. The molecule has 102 valence electrons. The number of hydrogen-bond acceptors (Lipinski definition) is 3. The van der Waals surface area contributed by atoms with Crippen LogP contribution in [0.15, 0.2) is 35.1 Å². The molecule has 0 unspecified atom stereocenters. The van der Waals surface area contributed by atoms with Crippen molar-refractivity contribution in [2.24, 2.45) is 0 Å². The zero-order valence-electron chi connectivity index (χ0n) is 10.6. The SMILES string of the molecule is COCCCNc1nccn1-c1ccc(Br)c(F)c1. The zero-order chi connectivity index (χ0) is 13.7. The summed E-state index contributed by atoms with van der Waals surface area (Å²) in [6, 6.07) is 4.97. The molecule has 0 radical (unpaired) electrons. The Balaban J connectivity index is 2.12. The lowest BCUT2D eigenvalue weighted by atomic mass is 10.3. The molecule has 1 aromatic carbocycles. The molecule has 1 N–H and O–H groups in total. The predicted molar refractivity (Wildman–Crippen MR) is 76.2 cm³/mol. The second kappa shape index (κ2) is 6.68. The maximum Gasteiger partial charge on any atom is 0.207 e. The van der Waals surface area contributed by atoms with Gasteiger partial charge in [-0.25, -0.2) is 9.37 Å². The van der Waals surface area contributed by atoms with E-state index in [1.165, 1.54) is 6.07 Å². The maximum atomic E-state index is 13.5. The molecule has 0 atom stereocenters. The van der Waals surface area contributed by atoms with Crippen LogP contribution in [-0.2, 0) is 4.74 Å². The van der Waals surface area contributed by atoms with Gasteiger partial charge in [0, 0.05) is 32.7 Å². The van der Waals surface area contributed by atoms with Crippen LogP contribution in [0.1, 0.15) is 6.42 Å². The van der Waals surface area contributed by atoms with Gasteiger partial charge in [-0.1, -0.05) is 0 Å². The maximum absolute atomic E-state index is 13.5. The van der Waals surface area contributed by atoms with Crippen LogP contribution in [0, 0.1) is 5.82 Å². The number of nitrogens with one attached hydrogen (secondary N) is 1. The molecule has 0 fully saturated rings. The van der Waals surface area contributed by atoms with E-state index in [-0.39, 0.29) is 5.82 Å². The molecule has 2 aromatic rings. The van der Waals surface area contributed by atoms with Crippen molar-refractivity contribution in [3.63, 3.8) is 0 Å². The molecule has 1 aromatic heterocycles. The molecule has 0 spiro atoms. The molecule has 0 saturated heterocycles. The van der Waals surface area contributed by atoms with E-state index in [2.05, 4.69) is 26.2 Å². The number of halogens is 2. The average Bonchev–Trinajstić information content (AvgIpc) is 2.86. The molecular weight excluding hydrogens is 313 g/mol. The van der Waals surface area contributed by atoms with E-state index >= 15 is 0 Å². The summed E-state index contributed by atoms with van der Waals surface area (Å²) in [6.07, 6.45) is 4.36. The van der Waals surface area contributed by atoms with Crippen molar-refractivity contribution in [2.75, 3.05) is 25.6 Å². The highest BCUT2D eigenvalue weighted by Gasteiger charge is 2.07. The Labute approximate surface area is 119 Å². The summed E-state index contributed by atoms with van der Waals surface area (Å²) in [6.45, 7) is 1.45. The fraction of sp³-hybridized carbons (Fsp3) is 0.308. The molecule has 0 aliphatic rings. The van der Waals surface area contributed by atoms with E-state index in [9.17, 15) is 4.39 Å². The first kappa shape index (κ1) is 14.0. The van der Waals surface area contributed by atoms with Crippen molar-refractivity contribution >= 4 is 21.9 Å². The third kappa shape index (κ3) is 3.54. The minimum absolute atomic E-state index is 0.295. The van der Waals surface area contributed by atoms with Gasteiger partial charge in [0.25, 0.3) is 0 Å². The lowest BCUT2D eigenvalue weighted by Gasteiger charge is -2.10. The Hall–Kier alpha value is -1.40. The van der Waals surface area contributed by atoms with Crippen LogP contribution in [0.25, 0.3) is 5.69 Å². The summed E-state index contributed by atoms with van der Waals surface area (Å²) in [5, 5.41) is 3.20. The summed E-state index contributed by atoms with van der Waals surface area (Å²) in [5.74, 6) is 0.398. The number of benzene rings is 1. The van der Waals surface area contributed by atoms with Crippen molar-refractivity contribution in [1.82, 2.24) is 9.55 Å². The van der Waals surface area contributed by atoms with Gasteiger partial charge < -0.3 is 10.1 Å². The Morgan fingerprint density at radius 2 is 2.32 bits per heavy atom.